The molecule has 8 nitrogen and oxygen atoms in total. The van der Waals surface area contributed by atoms with Gasteiger partial charge in [0.25, 0.3) is 0 Å². The fourth-order valence-electron chi connectivity index (χ4n) is 2.07. The molecule has 0 unspecified atom stereocenters. The summed E-state index contributed by atoms with van der Waals surface area (Å²) in [6.07, 6.45) is 4.81. The Hall–Kier alpha value is -2.85. The van der Waals surface area contributed by atoms with Crippen LogP contribution >= 0.6 is 0 Å². The van der Waals surface area contributed by atoms with Crippen molar-refractivity contribution in [1.82, 2.24) is 24.7 Å². The van der Waals surface area contributed by atoms with Crippen LogP contribution in [0.3, 0.4) is 0 Å². The highest BCUT2D eigenvalue weighted by atomic mass is 32.2. The molecule has 3 aromatic rings. The highest BCUT2D eigenvalue weighted by molar-refractivity contribution is 7.89. The summed E-state index contributed by atoms with van der Waals surface area (Å²) in [4.78, 5) is 3.71. The van der Waals surface area contributed by atoms with Crippen molar-refractivity contribution in [3.8, 4) is 11.4 Å². The fourth-order valence-corrected chi connectivity index (χ4v) is 3.08. The number of halogens is 1. The molecular weight excluding hydrogens is 349 g/mol. The Morgan fingerprint density at radius 2 is 2.00 bits per heavy atom. The molecule has 0 amide bonds. The van der Waals surface area contributed by atoms with E-state index in [4.69, 9.17) is 4.74 Å². The summed E-state index contributed by atoms with van der Waals surface area (Å²) in [6.45, 7) is -0.0823. The number of hydrogen-bond donors (Lipinski definition) is 1. The first-order valence-corrected chi connectivity index (χ1v) is 8.63. The summed E-state index contributed by atoms with van der Waals surface area (Å²) in [7, 11) is -2.59. The SMILES string of the molecule is COc1ccc(S(=O)(=O)NCc2cn(-c3ccncc3)nn2)cc1F. The molecule has 0 fully saturated rings. The lowest BCUT2D eigenvalue weighted by Gasteiger charge is -2.07. The van der Waals surface area contributed by atoms with Gasteiger partial charge in [-0.3, -0.25) is 4.98 Å². The van der Waals surface area contributed by atoms with Gasteiger partial charge in [-0.2, -0.15) is 0 Å². The van der Waals surface area contributed by atoms with Crippen molar-refractivity contribution < 1.29 is 17.5 Å². The summed E-state index contributed by atoms with van der Waals surface area (Å²) in [6, 6.07) is 6.89. The number of pyridine rings is 1. The topological polar surface area (TPSA) is 99.0 Å². The molecule has 10 heteroatoms. The van der Waals surface area contributed by atoms with Crippen LogP contribution < -0.4 is 9.46 Å². The number of hydrogen-bond acceptors (Lipinski definition) is 6. The first-order chi connectivity index (χ1) is 12.0. The normalized spacial score (nSPS) is 11.4. The first-order valence-electron chi connectivity index (χ1n) is 7.14. The second-order valence-corrected chi connectivity index (χ2v) is 6.75. The summed E-state index contributed by atoms with van der Waals surface area (Å²) in [5.74, 6) is -0.784. The molecule has 2 aromatic heterocycles. The Kier molecular flexibility index (Phi) is 4.72. The molecule has 0 aliphatic rings. The van der Waals surface area contributed by atoms with E-state index >= 15 is 0 Å². The lowest BCUT2D eigenvalue weighted by atomic mass is 10.3. The highest BCUT2D eigenvalue weighted by Gasteiger charge is 2.17. The van der Waals surface area contributed by atoms with E-state index in [1.807, 2.05) is 0 Å². The van der Waals surface area contributed by atoms with Crippen molar-refractivity contribution in [3.05, 3.63) is 60.4 Å². The average Bonchev–Trinajstić information content (AvgIpc) is 3.10. The van der Waals surface area contributed by atoms with Crippen molar-refractivity contribution in [2.24, 2.45) is 0 Å². The van der Waals surface area contributed by atoms with Gasteiger partial charge in [0.2, 0.25) is 10.0 Å². The first kappa shape index (κ1) is 17.0. The number of sulfonamides is 1. The minimum absolute atomic E-state index is 0.0285. The molecule has 3 rings (SSSR count). The predicted octanol–water partition coefficient (Wildman–Crippen LogP) is 1.29. The van der Waals surface area contributed by atoms with Gasteiger partial charge in [-0.1, -0.05) is 5.21 Å². The number of rotatable bonds is 6. The third kappa shape index (κ3) is 3.80. The second kappa shape index (κ2) is 6.95. The van der Waals surface area contributed by atoms with Gasteiger partial charge in [0.05, 0.1) is 36.1 Å². The Bertz CT molecular complexity index is 976. The van der Waals surface area contributed by atoms with E-state index in [1.54, 1.807) is 30.7 Å². The van der Waals surface area contributed by atoms with Crippen molar-refractivity contribution in [2.75, 3.05) is 7.11 Å². The third-order valence-electron chi connectivity index (χ3n) is 3.34. The molecule has 0 spiro atoms. The van der Waals surface area contributed by atoms with E-state index in [2.05, 4.69) is 20.0 Å². The molecular formula is C15H14FN5O3S. The van der Waals surface area contributed by atoms with Gasteiger partial charge in [0.15, 0.2) is 11.6 Å². The molecule has 130 valence electrons. The molecule has 2 heterocycles. The van der Waals surface area contributed by atoms with E-state index in [-0.39, 0.29) is 17.2 Å². The van der Waals surface area contributed by atoms with E-state index in [0.29, 0.717) is 5.69 Å². The molecule has 0 saturated heterocycles. The van der Waals surface area contributed by atoms with E-state index in [9.17, 15) is 12.8 Å². The monoisotopic (exact) mass is 363 g/mol. The number of benzene rings is 1. The van der Waals surface area contributed by atoms with Gasteiger partial charge >= 0.3 is 0 Å². The lowest BCUT2D eigenvalue weighted by Crippen LogP contribution is -2.23. The van der Waals surface area contributed by atoms with Crippen LogP contribution in [0, 0.1) is 5.82 Å². The number of nitrogens with zero attached hydrogens (tertiary/aromatic N) is 4. The van der Waals surface area contributed by atoms with Crippen LogP contribution in [0.4, 0.5) is 4.39 Å². The zero-order valence-corrected chi connectivity index (χ0v) is 13.9. The van der Waals surface area contributed by atoms with Crippen LogP contribution in [0.5, 0.6) is 5.75 Å². The van der Waals surface area contributed by atoms with Crippen LogP contribution in [0.15, 0.2) is 53.8 Å². The van der Waals surface area contributed by atoms with Crippen LogP contribution in [0.1, 0.15) is 5.69 Å². The number of aromatic nitrogens is 4. The van der Waals surface area contributed by atoms with Crippen molar-refractivity contribution in [1.29, 1.82) is 0 Å². The van der Waals surface area contributed by atoms with Crippen LogP contribution in [0.2, 0.25) is 0 Å². The van der Waals surface area contributed by atoms with Gasteiger partial charge in [-0.05, 0) is 30.3 Å². The second-order valence-electron chi connectivity index (χ2n) is 4.98. The van der Waals surface area contributed by atoms with Gasteiger partial charge in [0, 0.05) is 12.4 Å². The molecule has 0 atom stereocenters. The maximum absolute atomic E-state index is 13.7. The fraction of sp³-hybridized carbons (Fsp3) is 0.133. The molecule has 0 bridgehead atoms. The summed E-state index contributed by atoms with van der Waals surface area (Å²) < 4.78 is 46.8. The molecule has 1 aromatic carbocycles. The number of nitrogens with one attached hydrogen (secondary N) is 1. The van der Waals surface area contributed by atoms with E-state index in [1.165, 1.54) is 23.9 Å². The molecule has 0 aliphatic heterocycles. The zero-order chi connectivity index (χ0) is 17.9. The van der Waals surface area contributed by atoms with Crippen molar-refractivity contribution in [3.63, 3.8) is 0 Å². The highest BCUT2D eigenvalue weighted by Crippen LogP contribution is 2.20. The predicted molar refractivity (Wildman–Crippen MR) is 86.1 cm³/mol. The van der Waals surface area contributed by atoms with Gasteiger partial charge in [-0.15, -0.1) is 5.10 Å². The summed E-state index contributed by atoms with van der Waals surface area (Å²) >= 11 is 0. The zero-order valence-electron chi connectivity index (χ0n) is 13.1. The van der Waals surface area contributed by atoms with Crippen molar-refractivity contribution >= 4 is 10.0 Å². The molecule has 0 aliphatic carbocycles. The van der Waals surface area contributed by atoms with Crippen LogP contribution in [-0.4, -0.2) is 35.5 Å². The number of ether oxygens (including phenoxy) is 1. The minimum atomic E-state index is -3.89. The average molecular weight is 363 g/mol. The molecule has 1 N–H and O–H groups in total. The quantitative estimate of drug-likeness (QED) is 0.708. The van der Waals surface area contributed by atoms with Crippen LogP contribution in [-0.2, 0) is 16.6 Å². The van der Waals surface area contributed by atoms with Gasteiger partial charge in [-0.25, -0.2) is 22.2 Å². The largest absolute Gasteiger partial charge is 0.494 e. The Balaban J connectivity index is 1.72. The van der Waals surface area contributed by atoms with Gasteiger partial charge < -0.3 is 4.74 Å². The van der Waals surface area contributed by atoms with E-state index < -0.39 is 15.8 Å². The maximum Gasteiger partial charge on any atom is 0.241 e. The summed E-state index contributed by atoms with van der Waals surface area (Å²) in [5, 5.41) is 7.83. The smallest absolute Gasteiger partial charge is 0.241 e. The number of methoxy groups -OCH3 is 1. The molecule has 0 saturated carbocycles. The standard InChI is InChI=1S/C15H14FN5O3S/c1-24-15-3-2-13(8-14(15)16)25(22,23)18-9-11-10-21(20-19-11)12-4-6-17-7-5-12/h2-8,10,18H,9H2,1H3. The Morgan fingerprint density at radius 3 is 2.68 bits per heavy atom. The Labute approximate surface area is 143 Å². The van der Waals surface area contributed by atoms with Crippen LogP contribution in [0.25, 0.3) is 5.69 Å². The van der Waals surface area contributed by atoms with Crippen molar-refractivity contribution in [2.45, 2.75) is 11.4 Å². The molecule has 0 radical (unpaired) electrons. The minimum Gasteiger partial charge on any atom is -0.494 e. The maximum atomic E-state index is 13.7. The third-order valence-corrected chi connectivity index (χ3v) is 4.74. The Morgan fingerprint density at radius 1 is 1.24 bits per heavy atom. The summed E-state index contributed by atoms with van der Waals surface area (Å²) in [5.41, 5.74) is 1.16. The lowest BCUT2D eigenvalue weighted by molar-refractivity contribution is 0.385. The van der Waals surface area contributed by atoms with E-state index in [0.717, 1.165) is 11.8 Å². The molecule has 25 heavy (non-hydrogen) atoms. The van der Waals surface area contributed by atoms with Gasteiger partial charge in [0.1, 0.15) is 0 Å².